The minimum absolute atomic E-state index is 0.0554. The summed E-state index contributed by atoms with van der Waals surface area (Å²) in [6.45, 7) is 0.473. The van der Waals surface area contributed by atoms with Crippen LogP contribution in [0.3, 0.4) is 0 Å². The van der Waals surface area contributed by atoms with Gasteiger partial charge in [-0.2, -0.15) is 0 Å². The summed E-state index contributed by atoms with van der Waals surface area (Å²) in [4.78, 5) is 2.10. The Morgan fingerprint density at radius 3 is 1.80 bits per heavy atom. The van der Waals surface area contributed by atoms with Gasteiger partial charge in [0, 0.05) is 6.54 Å². The first-order valence-corrected chi connectivity index (χ1v) is 8.39. The van der Waals surface area contributed by atoms with E-state index in [9.17, 15) is 9.50 Å². The van der Waals surface area contributed by atoms with E-state index in [1.165, 1.54) is 12.1 Å². The predicted molar refractivity (Wildman–Crippen MR) is 98.7 cm³/mol. The van der Waals surface area contributed by atoms with Crippen LogP contribution in [0, 0.1) is 5.82 Å². The van der Waals surface area contributed by atoms with E-state index in [1.54, 1.807) is 12.1 Å². The molecule has 0 heterocycles. The number of benzene rings is 3. The van der Waals surface area contributed by atoms with Gasteiger partial charge in [0.15, 0.2) is 0 Å². The highest BCUT2D eigenvalue weighted by Crippen LogP contribution is 2.29. The molecule has 128 valence electrons. The van der Waals surface area contributed by atoms with Crippen molar-refractivity contribution >= 4 is 0 Å². The van der Waals surface area contributed by atoms with E-state index in [0.29, 0.717) is 6.54 Å². The van der Waals surface area contributed by atoms with Crippen molar-refractivity contribution in [3.63, 3.8) is 0 Å². The van der Waals surface area contributed by atoms with Crippen LogP contribution in [0.5, 0.6) is 0 Å². The molecule has 0 radical (unpaired) electrons. The first kappa shape index (κ1) is 17.3. The Labute approximate surface area is 148 Å². The highest BCUT2D eigenvalue weighted by molar-refractivity contribution is 5.32. The van der Waals surface area contributed by atoms with Crippen LogP contribution in [0.2, 0.25) is 0 Å². The highest BCUT2D eigenvalue weighted by atomic mass is 19.1. The molecule has 3 heteroatoms. The molecular formula is C22H22FNO. The Hall–Kier alpha value is -2.49. The van der Waals surface area contributed by atoms with Gasteiger partial charge in [-0.15, -0.1) is 0 Å². The second-order valence-electron chi connectivity index (χ2n) is 6.23. The van der Waals surface area contributed by atoms with Gasteiger partial charge in [-0.25, -0.2) is 4.39 Å². The van der Waals surface area contributed by atoms with Gasteiger partial charge < -0.3 is 5.11 Å². The molecule has 0 bridgehead atoms. The van der Waals surface area contributed by atoms with Crippen molar-refractivity contribution in [2.75, 3.05) is 13.6 Å². The highest BCUT2D eigenvalue weighted by Gasteiger charge is 2.22. The maximum absolute atomic E-state index is 13.3. The van der Waals surface area contributed by atoms with Crippen LogP contribution in [-0.2, 0) is 0 Å². The lowest BCUT2D eigenvalue weighted by molar-refractivity contribution is 0.113. The smallest absolute Gasteiger partial charge is 0.123 e. The van der Waals surface area contributed by atoms with Gasteiger partial charge in [0.1, 0.15) is 5.82 Å². The molecule has 3 rings (SSSR count). The molecule has 2 atom stereocenters. The lowest BCUT2D eigenvalue weighted by Gasteiger charge is -2.31. The topological polar surface area (TPSA) is 23.5 Å². The number of hydrogen-bond acceptors (Lipinski definition) is 2. The van der Waals surface area contributed by atoms with E-state index < -0.39 is 6.10 Å². The zero-order chi connectivity index (χ0) is 17.6. The number of rotatable bonds is 6. The zero-order valence-electron chi connectivity index (χ0n) is 14.2. The average Bonchev–Trinajstić information content (AvgIpc) is 2.65. The molecular weight excluding hydrogens is 313 g/mol. The van der Waals surface area contributed by atoms with Crippen LogP contribution in [0.15, 0.2) is 84.9 Å². The summed E-state index contributed by atoms with van der Waals surface area (Å²) in [6.07, 6.45) is -0.585. The molecule has 0 aliphatic heterocycles. The second-order valence-corrected chi connectivity index (χ2v) is 6.23. The third-order valence-electron chi connectivity index (χ3n) is 4.39. The van der Waals surface area contributed by atoms with Gasteiger partial charge in [0.05, 0.1) is 12.1 Å². The maximum Gasteiger partial charge on any atom is 0.123 e. The van der Waals surface area contributed by atoms with Gasteiger partial charge in [0.2, 0.25) is 0 Å². The summed E-state index contributed by atoms with van der Waals surface area (Å²) in [6, 6.07) is 26.2. The molecule has 0 fully saturated rings. The molecule has 0 amide bonds. The molecule has 0 saturated heterocycles. The fourth-order valence-electron chi connectivity index (χ4n) is 3.14. The summed E-state index contributed by atoms with van der Waals surface area (Å²) in [5.74, 6) is -0.248. The molecule has 2 unspecified atom stereocenters. The van der Waals surface area contributed by atoms with Crippen LogP contribution >= 0.6 is 0 Å². The molecule has 0 spiro atoms. The van der Waals surface area contributed by atoms with Crippen LogP contribution in [0.1, 0.15) is 28.8 Å². The van der Waals surface area contributed by atoms with Crippen molar-refractivity contribution in [3.8, 4) is 0 Å². The molecule has 25 heavy (non-hydrogen) atoms. The zero-order valence-corrected chi connectivity index (χ0v) is 14.2. The number of nitrogens with zero attached hydrogens (tertiary/aromatic N) is 1. The van der Waals surface area contributed by atoms with Crippen LogP contribution < -0.4 is 0 Å². The Kier molecular flexibility index (Phi) is 5.59. The second kappa shape index (κ2) is 8.06. The first-order valence-electron chi connectivity index (χ1n) is 8.39. The average molecular weight is 335 g/mol. The summed E-state index contributed by atoms with van der Waals surface area (Å²) < 4.78 is 13.3. The fraction of sp³-hybridized carbons (Fsp3) is 0.182. The Balaban J connectivity index is 1.87. The molecule has 0 saturated carbocycles. The summed E-state index contributed by atoms with van der Waals surface area (Å²) in [5, 5.41) is 10.6. The van der Waals surface area contributed by atoms with E-state index in [2.05, 4.69) is 17.0 Å². The van der Waals surface area contributed by atoms with Crippen molar-refractivity contribution in [1.29, 1.82) is 0 Å². The summed E-state index contributed by atoms with van der Waals surface area (Å²) >= 11 is 0. The van der Waals surface area contributed by atoms with E-state index in [0.717, 1.165) is 16.7 Å². The molecule has 3 aromatic carbocycles. The van der Waals surface area contributed by atoms with Gasteiger partial charge in [-0.3, -0.25) is 4.90 Å². The van der Waals surface area contributed by atoms with Crippen molar-refractivity contribution in [2.24, 2.45) is 0 Å². The van der Waals surface area contributed by atoms with Crippen LogP contribution in [-0.4, -0.2) is 23.6 Å². The number of aliphatic hydroxyl groups is 1. The SMILES string of the molecule is CN(CC(O)c1ccccc1)C(c1ccccc1)c1ccc(F)cc1. The van der Waals surface area contributed by atoms with Gasteiger partial charge >= 0.3 is 0 Å². The standard InChI is InChI=1S/C22H22FNO/c1-24(16-21(25)17-8-4-2-5-9-17)22(18-10-6-3-7-11-18)19-12-14-20(23)15-13-19/h2-15,21-22,25H,16H2,1H3. The maximum atomic E-state index is 13.3. The van der Waals surface area contributed by atoms with E-state index in [4.69, 9.17) is 0 Å². The van der Waals surface area contributed by atoms with Crippen molar-refractivity contribution in [1.82, 2.24) is 4.90 Å². The third kappa shape index (κ3) is 4.32. The monoisotopic (exact) mass is 335 g/mol. The molecule has 0 aliphatic carbocycles. The van der Waals surface area contributed by atoms with Crippen molar-refractivity contribution < 1.29 is 9.50 Å². The summed E-state index contributed by atoms with van der Waals surface area (Å²) in [7, 11) is 1.98. The quantitative estimate of drug-likeness (QED) is 0.713. The largest absolute Gasteiger partial charge is 0.387 e. The van der Waals surface area contributed by atoms with Gasteiger partial charge in [-0.1, -0.05) is 72.8 Å². The Morgan fingerprint density at radius 1 is 0.760 bits per heavy atom. The number of likely N-dealkylation sites (N-methyl/N-ethyl adjacent to an activating group) is 1. The predicted octanol–water partition coefficient (Wildman–Crippen LogP) is 4.58. The normalized spacial score (nSPS) is 13.6. The van der Waals surface area contributed by atoms with E-state index >= 15 is 0 Å². The lowest BCUT2D eigenvalue weighted by Crippen LogP contribution is -2.30. The number of aliphatic hydroxyl groups excluding tert-OH is 1. The van der Waals surface area contributed by atoms with Crippen molar-refractivity contribution in [3.05, 3.63) is 107 Å². The minimum atomic E-state index is -0.585. The van der Waals surface area contributed by atoms with Crippen LogP contribution in [0.25, 0.3) is 0 Å². The molecule has 2 nitrogen and oxygen atoms in total. The Morgan fingerprint density at radius 2 is 1.24 bits per heavy atom. The lowest BCUT2D eigenvalue weighted by atomic mass is 9.96. The summed E-state index contributed by atoms with van der Waals surface area (Å²) in [5.41, 5.74) is 2.99. The molecule has 3 aromatic rings. The van der Waals surface area contributed by atoms with Crippen LogP contribution in [0.4, 0.5) is 4.39 Å². The van der Waals surface area contributed by atoms with Gasteiger partial charge in [-0.05, 0) is 35.9 Å². The van der Waals surface area contributed by atoms with Gasteiger partial charge in [0.25, 0.3) is 0 Å². The minimum Gasteiger partial charge on any atom is -0.387 e. The molecule has 0 aliphatic rings. The van der Waals surface area contributed by atoms with E-state index in [1.807, 2.05) is 55.6 Å². The van der Waals surface area contributed by atoms with Crippen molar-refractivity contribution in [2.45, 2.75) is 12.1 Å². The number of halogens is 1. The third-order valence-corrected chi connectivity index (χ3v) is 4.39. The Bertz CT molecular complexity index is 774. The fourth-order valence-corrected chi connectivity index (χ4v) is 3.14. The number of hydrogen-bond donors (Lipinski definition) is 1. The molecule has 0 aromatic heterocycles. The first-order chi connectivity index (χ1) is 12.1. The molecule has 1 N–H and O–H groups in total. The van der Waals surface area contributed by atoms with E-state index in [-0.39, 0.29) is 11.9 Å².